The average Bonchev–Trinajstić information content (AvgIpc) is 3.28. The molecule has 0 aliphatic carbocycles. The minimum Gasteiger partial charge on any atom is -0.445 e. The molecule has 1 aliphatic heterocycles. The summed E-state index contributed by atoms with van der Waals surface area (Å²) < 4.78 is 5.54. The molecule has 1 atom stereocenters. The third-order valence-electron chi connectivity index (χ3n) is 5.34. The molecular weight excluding hydrogens is 362 g/mol. The van der Waals surface area contributed by atoms with Gasteiger partial charge in [-0.2, -0.15) is 0 Å². The minimum absolute atomic E-state index is 0.0156. The Morgan fingerprint density at radius 2 is 1.79 bits per heavy atom. The molecule has 0 spiro atoms. The van der Waals surface area contributed by atoms with Crippen LogP contribution in [0.2, 0.25) is 0 Å². The molecule has 0 saturated carbocycles. The van der Waals surface area contributed by atoms with E-state index in [1.165, 1.54) is 0 Å². The van der Waals surface area contributed by atoms with Crippen molar-refractivity contribution in [2.45, 2.75) is 25.5 Å². The van der Waals surface area contributed by atoms with Crippen LogP contribution in [-0.2, 0) is 11.3 Å². The molecule has 1 aliphatic rings. The summed E-state index contributed by atoms with van der Waals surface area (Å²) in [4.78, 5) is 21.1. The van der Waals surface area contributed by atoms with Crippen LogP contribution in [-0.4, -0.2) is 29.6 Å². The number of para-hydroxylation sites is 1. The molecule has 1 aromatic heterocycles. The molecule has 3 aromatic rings. The summed E-state index contributed by atoms with van der Waals surface area (Å²) >= 11 is 0. The molecule has 1 unspecified atom stereocenters. The molecule has 29 heavy (non-hydrogen) atoms. The Morgan fingerprint density at radius 3 is 2.48 bits per heavy atom. The van der Waals surface area contributed by atoms with Crippen molar-refractivity contribution in [2.75, 3.05) is 18.5 Å². The summed E-state index contributed by atoms with van der Waals surface area (Å²) in [6.07, 6.45) is 3.51. The SMILES string of the molecule is CN(c1ccccc1)c1ccc(C2CCCN2C(=O)OCc2ccccc2)cn1. The van der Waals surface area contributed by atoms with Crippen LogP contribution in [0.15, 0.2) is 79.0 Å². The van der Waals surface area contributed by atoms with Crippen LogP contribution in [0.3, 0.4) is 0 Å². The van der Waals surface area contributed by atoms with Crippen molar-refractivity contribution >= 4 is 17.6 Å². The lowest BCUT2D eigenvalue weighted by Gasteiger charge is -2.25. The van der Waals surface area contributed by atoms with Gasteiger partial charge in [0, 0.05) is 25.5 Å². The van der Waals surface area contributed by atoms with Gasteiger partial charge in [-0.05, 0) is 42.2 Å². The number of amides is 1. The van der Waals surface area contributed by atoms with Gasteiger partial charge >= 0.3 is 6.09 Å². The number of ether oxygens (including phenoxy) is 1. The number of likely N-dealkylation sites (tertiary alicyclic amines) is 1. The fourth-order valence-electron chi connectivity index (χ4n) is 3.71. The Labute approximate surface area is 171 Å². The zero-order valence-corrected chi connectivity index (χ0v) is 16.6. The van der Waals surface area contributed by atoms with Crippen LogP contribution in [0.5, 0.6) is 0 Å². The molecule has 1 fully saturated rings. The second kappa shape index (κ2) is 8.78. The minimum atomic E-state index is -0.262. The fourth-order valence-corrected chi connectivity index (χ4v) is 3.71. The predicted octanol–water partition coefficient (Wildman–Crippen LogP) is 5.32. The van der Waals surface area contributed by atoms with Gasteiger partial charge < -0.3 is 14.5 Å². The molecule has 148 valence electrons. The van der Waals surface area contributed by atoms with Gasteiger partial charge in [0.1, 0.15) is 12.4 Å². The topological polar surface area (TPSA) is 45.7 Å². The highest BCUT2D eigenvalue weighted by atomic mass is 16.6. The Hall–Kier alpha value is -3.34. The van der Waals surface area contributed by atoms with Crippen molar-refractivity contribution in [3.63, 3.8) is 0 Å². The van der Waals surface area contributed by atoms with E-state index >= 15 is 0 Å². The van der Waals surface area contributed by atoms with E-state index < -0.39 is 0 Å². The van der Waals surface area contributed by atoms with Gasteiger partial charge in [-0.1, -0.05) is 54.6 Å². The van der Waals surface area contributed by atoms with Crippen LogP contribution in [0.25, 0.3) is 0 Å². The zero-order valence-electron chi connectivity index (χ0n) is 16.6. The first-order chi connectivity index (χ1) is 14.2. The number of hydrogen-bond donors (Lipinski definition) is 0. The molecule has 5 heteroatoms. The Bertz CT molecular complexity index is 929. The quantitative estimate of drug-likeness (QED) is 0.594. The van der Waals surface area contributed by atoms with Gasteiger partial charge in [0.25, 0.3) is 0 Å². The van der Waals surface area contributed by atoms with Crippen molar-refractivity contribution in [1.29, 1.82) is 0 Å². The molecule has 1 amide bonds. The highest BCUT2D eigenvalue weighted by Gasteiger charge is 2.31. The van der Waals surface area contributed by atoms with E-state index in [0.717, 1.165) is 35.5 Å². The van der Waals surface area contributed by atoms with Gasteiger partial charge in [0.15, 0.2) is 0 Å². The Balaban J connectivity index is 1.42. The van der Waals surface area contributed by atoms with Gasteiger partial charge in [-0.3, -0.25) is 0 Å². The van der Waals surface area contributed by atoms with E-state index in [9.17, 15) is 4.79 Å². The average molecular weight is 387 g/mol. The maximum Gasteiger partial charge on any atom is 0.410 e. The number of rotatable bonds is 5. The van der Waals surface area contributed by atoms with Crippen LogP contribution in [0.1, 0.15) is 30.0 Å². The molecule has 1 saturated heterocycles. The number of anilines is 2. The predicted molar refractivity (Wildman–Crippen MR) is 114 cm³/mol. The monoisotopic (exact) mass is 387 g/mol. The lowest BCUT2D eigenvalue weighted by atomic mass is 10.1. The van der Waals surface area contributed by atoms with Crippen molar-refractivity contribution in [2.24, 2.45) is 0 Å². The molecular formula is C24H25N3O2. The van der Waals surface area contributed by atoms with E-state index in [2.05, 4.69) is 23.2 Å². The number of nitrogens with zero attached hydrogens (tertiary/aromatic N) is 3. The summed E-state index contributed by atoms with van der Waals surface area (Å²) in [5, 5.41) is 0. The van der Waals surface area contributed by atoms with E-state index in [1.54, 1.807) is 0 Å². The molecule has 4 rings (SSSR count). The van der Waals surface area contributed by atoms with Crippen molar-refractivity contribution < 1.29 is 9.53 Å². The molecule has 2 heterocycles. The normalized spacial score (nSPS) is 15.9. The first kappa shape index (κ1) is 19.0. The van der Waals surface area contributed by atoms with E-state index in [-0.39, 0.29) is 12.1 Å². The van der Waals surface area contributed by atoms with Gasteiger partial charge in [-0.15, -0.1) is 0 Å². The van der Waals surface area contributed by atoms with Crippen LogP contribution >= 0.6 is 0 Å². The highest BCUT2D eigenvalue weighted by Crippen LogP contribution is 2.33. The maximum atomic E-state index is 12.6. The standard InChI is InChI=1S/C24H25N3O2/c1-26(21-11-6-3-7-12-21)23-15-14-20(17-25-23)22-13-8-16-27(22)24(28)29-18-19-9-4-2-5-10-19/h2-7,9-12,14-15,17,22H,8,13,16,18H2,1H3. The van der Waals surface area contributed by atoms with E-state index in [1.807, 2.05) is 77.6 Å². The zero-order chi connectivity index (χ0) is 20.1. The van der Waals surface area contributed by atoms with Crippen LogP contribution < -0.4 is 4.90 Å². The smallest absolute Gasteiger partial charge is 0.410 e. The Kier molecular flexibility index (Phi) is 5.75. The number of benzene rings is 2. The number of carbonyl (C=O) groups excluding carboxylic acids is 1. The molecule has 0 N–H and O–H groups in total. The second-order valence-electron chi connectivity index (χ2n) is 7.24. The third-order valence-corrected chi connectivity index (χ3v) is 5.34. The molecule has 2 aromatic carbocycles. The van der Waals surface area contributed by atoms with Crippen LogP contribution in [0, 0.1) is 0 Å². The number of pyridine rings is 1. The highest BCUT2D eigenvalue weighted by molar-refractivity contribution is 5.69. The first-order valence-electron chi connectivity index (χ1n) is 9.94. The van der Waals surface area contributed by atoms with Crippen molar-refractivity contribution in [3.05, 3.63) is 90.1 Å². The summed E-state index contributed by atoms with van der Waals surface area (Å²) in [6.45, 7) is 1.01. The van der Waals surface area contributed by atoms with Crippen molar-refractivity contribution in [3.8, 4) is 0 Å². The summed E-state index contributed by atoms with van der Waals surface area (Å²) in [5.41, 5.74) is 3.12. The van der Waals surface area contributed by atoms with E-state index in [0.29, 0.717) is 13.2 Å². The van der Waals surface area contributed by atoms with Gasteiger partial charge in [-0.25, -0.2) is 9.78 Å². The molecule has 5 nitrogen and oxygen atoms in total. The summed E-state index contributed by atoms with van der Waals surface area (Å²) in [7, 11) is 2.00. The summed E-state index contributed by atoms with van der Waals surface area (Å²) in [5.74, 6) is 0.871. The fraction of sp³-hybridized carbons (Fsp3) is 0.250. The number of aromatic nitrogens is 1. The van der Waals surface area contributed by atoms with Gasteiger partial charge in [0.05, 0.1) is 6.04 Å². The molecule has 0 bridgehead atoms. The van der Waals surface area contributed by atoms with Crippen LogP contribution in [0.4, 0.5) is 16.3 Å². The number of hydrogen-bond acceptors (Lipinski definition) is 4. The van der Waals surface area contributed by atoms with Crippen molar-refractivity contribution in [1.82, 2.24) is 9.88 Å². The Morgan fingerprint density at radius 1 is 1.07 bits per heavy atom. The lowest BCUT2D eigenvalue weighted by Crippen LogP contribution is -2.31. The first-order valence-corrected chi connectivity index (χ1v) is 9.94. The van der Waals surface area contributed by atoms with E-state index in [4.69, 9.17) is 4.74 Å². The lowest BCUT2D eigenvalue weighted by molar-refractivity contribution is 0.0920. The van der Waals surface area contributed by atoms with Gasteiger partial charge in [0.2, 0.25) is 0 Å². The number of carbonyl (C=O) groups is 1. The maximum absolute atomic E-state index is 12.6. The third kappa shape index (κ3) is 4.40. The second-order valence-corrected chi connectivity index (χ2v) is 7.24. The summed E-state index contributed by atoms with van der Waals surface area (Å²) in [6, 6.07) is 24.0. The molecule has 0 radical (unpaired) electrons. The largest absolute Gasteiger partial charge is 0.445 e.